The predicted octanol–water partition coefficient (Wildman–Crippen LogP) is 3.14. The molecule has 10 heteroatoms. The first-order valence-corrected chi connectivity index (χ1v) is 12.3. The van der Waals surface area contributed by atoms with Gasteiger partial charge < -0.3 is 15.4 Å². The van der Waals surface area contributed by atoms with Gasteiger partial charge in [0.15, 0.2) is 0 Å². The van der Waals surface area contributed by atoms with Crippen molar-refractivity contribution in [2.45, 2.75) is 6.54 Å². The molecule has 0 bridgehead atoms. The zero-order valence-corrected chi connectivity index (χ0v) is 20.1. The fourth-order valence-electron chi connectivity index (χ4n) is 3.75. The van der Waals surface area contributed by atoms with Gasteiger partial charge in [0.2, 0.25) is 0 Å². The van der Waals surface area contributed by atoms with Crippen molar-refractivity contribution in [3.63, 3.8) is 0 Å². The molecule has 0 atom stereocenters. The van der Waals surface area contributed by atoms with Crippen molar-refractivity contribution in [2.75, 3.05) is 63.2 Å². The number of amides is 2. The third-order valence-electron chi connectivity index (χ3n) is 5.77. The maximum atomic E-state index is 12.4. The highest BCUT2D eigenvalue weighted by Gasteiger charge is 2.22. The number of nitrogens with zero attached hydrogens (tertiary/aromatic N) is 4. The number of hydrogen-bond donors (Lipinski definition) is 2. The van der Waals surface area contributed by atoms with Gasteiger partial charge in [-0.3, -0.25) is 15.0 Å². The van der Waals surface area contributed by atoms with Gasteiger partial charge >= 0.3 is 11.3 Å². The second-order valence-electron chi connectivity index (χ2n) is 8.39. The van der Waals surface area contributed by atoms with Crippen LogP contribution in [0.15, 0.2) is 53.6 Å². The van der Waals surface area contributed by atoms with Crippen LogP contribution < -0.4 is 11.1 Å². The lowest BCUT2D eigenvalue weighted by Crippen LogP contribution is -2.45. The van der Waals surface area contributed by atoms with Crippen LogP contribution in [0.5, 0.6) is 0 Å². The van der Waals surface area contributed by atoms with Crippen molar-refractivity contribution in [2.24, 2.45) is 5.10 Å². The first-order chi connectivity index (χ1) is 16.5. The molecule has 2 heterocycles. The molecule has 9 nitrogen and oxygen atoms in total. The van der Waals surface area contributed by atoms with E-state index >= 15 is 0 Å². The smallest absolute Gasteiger partial charge is 0.411 e. The third kappa shape index (κ3) is 6.72. The summed E-state index contributed by atoms with van der Waals surface area (Å²) >= 11 is 1.22. The SMILES string of the molecule is CN1CCN(CCOC(=O)Nc2cccc(CN3N=C(c4ccc(N)cc4)CSC3=O)c2)CC1. The highest BCUT2D eigenvalue weighted by atomic mass is 32.2. The number of nitrogens with one attached hydrogen (secondary N) is 1. The van der Waals surface area contributed by atoms with E-state index < -0.39 is 6.09 Å². The van der Waals surface area contributed by atoms with Crippen LogP contribution in [0.25, 0.3) is 0 Å². The summed E-state index contributed by atoms with van der Waals surface area (Å²) in [6.45, 7) is 5.41. The number of rotatable bonds is 7. The average Bonchev–Trinajstić information content (AvgIpc) is 2.83. The van der Waals surface area contributed by atoms with Crippen LogP contribution in [-0.4, -0.2) is 84.0 Å². The Kier molecular flexibility index (Phi) is 8.04. The molecule has 0 unspecified atom stereocenters. The van der Waals surface area contributed by atoms with Crippen LogP contribution in [0.2, 0.25) is 0 Å². The van der Waals surface area contributed by atoms with Gasteiger partial charge in [-0.25, -0.2) is 9.80 Å². The van der Waals surface area contributed by atoms with E-state index in [0.29, 0.717) is 30.3 Å². The number of hydrogen-bond acceptors (Lipinski definition) is 8. The molecule has 2 aliphatic heterocycles. The Hall–Kier alpha value is -3.08. The summed E-state index contributed by atoms with van der Waals surface area (Å²) in [4.78, 5) is 29.2. The second-order valence-corrected chi connectivity index (χ2v) is 9.31. The predicted molar refractivity (Wildman–Crippen MR) is 136 cm³/mol. The van der Waals surface area contributed by atoms with Crippen molar-refractivity contribution in [3.8, 4) is 0 Å². The minimum Gasteiger partial charge on any atom is -0.448 e. The minimum atomic E-state index is -0.487. The summed E-state index contributed by atoms with van der Waals surface area (Å²) in [6.07, 6.45) is -0.487. The summed E-state index contributed by atoms with van der Waals surface area (Å²) in [5.74, 6) is 0.515. The molecule has 0 saturated carbocycles. The Morgan fingerprint density at radius 3 is 2.68 bits per heavy atom. The van der Waals surface area contributed by atoms with Gasteiger partial charge in [0, 0.05) is 49.9 Å². The highest BCUT2D eigenvalue weighted by molar-refractivity contribution is 8.14. The molecule has 1 fully saturated rings. The molecular weight excluding hydrogens is 452 g/mol. The summed E-state index contributed by atoms with van der Waals surface area (Å²) in [5, 5.41) is 8.67. The van der Waals surface area contributed by atoms with E-state index in [4.69, 9.17) is 10.5 Å². The van der Waals surface area contributed by atoms with E-state index in [1.54, 1.807) is 6.07 Å². The molecule has 0 radical (unpaired) electrons. The lowest BCUT2D eigenvalue weighted by molar-refractivity contribution is 0.111. The third-order valence-corrected chi connectivity index (χ3v) is 6.65. The number of nitrogen functional groups attached to an aromatic ring is 1. The Labute approximate surface area is 203 Å². The lowest BCUT2D eigenvalue weighted by Gasteiger charge is -2.31. The lowest BCUT2D eigenvalue weighted by atomic mass is 10.1. The zero-order valence-electron chi connectivity index (χ0n) is 19.3. The highest BCUT2D eigenvalue weighted by Crippen LogP contribution is 2.23. The number of hydrazone groups is 1. The maximum Gasteiger partial charge on any atom is 0.411 e. The van der Waals surface area contributed by atoms with E-state index in [0.717, 1.165) is 49.6 Å². The number of benzene rings is 2. The van der Waals surface area contributed by atoms with Gasteiger partial charge in [-0.15, -0.1) is 0 Å². The molecule has 3 N–H and O–H groups in total. The van der Waals surface area contributed by atoms with E-state index in [9.17, 15) is 9.59 Å². The number of carbonyl (C=O) groups is 2. The zero-order chi connectivity index (χ0) is 23.9. The number of anilines is 2. The fraction of sp³-hybridized carbons (Fsp3) is 0.375. The van der Waals surface area contributed by atoms with Crippen molar-refractivity contribution in [3.05, 3.63) is 59.7 Å². The molecule has 2 amide bonds. The van der Waals surface area contributed by atoms with Crippen molar-refractivity contribution >= 4 is 40.2 Å². The molecule has 2 aromatic carbocycles. The second kappa shape index (κ2) is 11.4. The molecule has 0 aromatic heterocycles. The Morgan fingerprint density at radius 2 is 1.91 bits per heavy atom. The molecule has 2 aliphatic rings. The van der Waals surface area contributed by atoms with E-state index in [-0.39, 0.29) is 5.24 Å². The fourth-order valence-corrected chi connectivity index (χ4v) is 4.49. The summed E-state index contributed by atoms with van der Waals surface area (Å²) < 4.78 is 5.35. The summed E-state index contributed by atoms with van der Waals surface area (Å²) in [5.41, 5.74) is 9.68. The standard InChI is InChI=1S/C24H30N6O3S/c1-28-9-11-29(12-10-28)13-14-33-23(31)26-21-4-2-3-18(15-21)16-30-24(32)34-17-22(27-30)19-5-7-20(25)8-6-19/h2-8,15H,9-14,16-17,25H2,1H3,(H,26,31). The van der Waals surface area contributed by atoms with Gasteiger partial charge in [0.1, 0.15) is 6.61 Å². The number of thioether (sulfide) groups is 1. The summed E-state index contributed by atoms with van der Waals surface area (Å²) in [6, 6.07) is 14.8. The van der Waals surface area contributed by atoms with Crippen molar-refractivity contribution in [1.29, 1.82) is 0 Å². The Balaban J connectivity index is 1.31. The molecule has 4 rings (SSSR count). The Morgan fingerprint density at radius 1 is 1.15 bits per heavy atom. The van der Waals surface area contributed by atoms with Crippen molar-refractivity contribution < 1.29 is 14.3 Å². The topological polar surface area (TPSA) is 104 Å². The van der Waals surface area contributed by atoms with Crippen molar-refractivity contribution in [1.82, 2.24) is 14.8 Å². The number of piperazine rings is 1. The van der Waals surface area contributed by atoms with Gasteiger partial charge in [0.25, 0.3) is 0 Å². The molecule has 180 valence electrons. The van der Waals surface area contributed by atoms with Crippen LogP contribution in [0.3, 0.4) is 0 Å². The Bertz CT molecular complexity index is 1040. The average molecular weight is 483 g/mol. The normalized spacial score (nSPS) is 17.4. The van der Waals surface area contributed by atoms with Crippen LogP contribution in [-0.2, 0) is 11.3 Å². The monoisotopic (exact) mass is 482 g/mol. The van der Waals surface area contributed by atoms with E-state index in [1.165, 1.54) is 16.8 Å². The number of likely N-dealkylation sites (N-methyl/N-ethyl adjacent to an activating group) is 1. The first-order valence-electron chi connectivity index (χ1n) is 11.3. The minimum absolute atomic E-state index is 0.110. The maximum absolute atomic E-state index is 12.4. The number of ether oxygens (including phenoxy) is 1. The number of nitrogens with two attached hydrogens (primary N) is 1. The quantitative estimate of drug-likeness (QED) is 0.585. The van der Waals surface area contributed by atoms with Crippen LogP contribution in [0.1, 0.15) is 11.1 Å². The van der Waals surface area contributed by atoms with Gasteiger partial charge in [-0.2, -0.15) is 5.10 Å². The van der Waals surface area contributed by atoms with Gasteiger partial charge in [-0.1, -0.05) is 36.0 Å². The van der Waals surface area contributed by atoms with Crippen LogP contribution >= 0.6 is 11.8 Å². The van der Waals surface area contributed by atoms with Crippen LogP contribution in [0.4, 0.5) is 21.0 Å². The first kappa shape index (κ1) is 24.1. The molecule has 1 saturated heterocycles. The largest absolute Gasteiger partial charge is 0.448 e. The molecule has 0 spiro atoms. The molecule has 2 aromatic rings. The molecule has 34 heavy (non-hydrogen) atoms. The van der Waals surface area contributed by atoms with Gasteiger partial charge in [0.05, 0.1) is 12.3 Å². The van der Waals surface area contributed by atoms with E-state index in [1.807, 2.05) is 42.5 Å². The van der Waals surface area contributed by atoms with E-state index in [2.05, 4.69) is 27.3 Å². The molecule has 0 aliphatic carbocycles. The number of carbonyl (C=O) groups excluding carboxylic acids is 2. The van der Waals surface area contributed by atoms with Gasteiger partial charge in [-0.05, 0) is 42.4 Å². The van der Waals surface area contributed by atoms with Crippen LogP contribution in [0, 0.1) is 0 Å². The summed E-state index contributed by atoms with van der Waals surface area (Å²) in [7, 11) is 2.11. The molecular formula is C24H30N6O3S.